The van der Waals surface area contributed by atoms with E-state index in [1.165, 1.54) is 12.8 Å². The number of rotatable bonds is 5. The molecule has 2 fully saturated rings. The predicted molar refractivity (Wildman–Crippen MR) is 142 cm³/mol. The smallest absolute Gasteiger partial charge is 0.288 e. The van der Waals surface area contributed by atoms with Crippen molar-refractivity contribution in [2.75, 3.05) is 5.73 Å². The van der Waals surface area contributed by atoms with Crippen molar-refractivity contribution in [3.05, 3.63) is 81.3 Å². The fraction of sp³-hybridized carbons (Fsp3) is 0.345. The maximum absolute atomic E-state index is 13.1. The van der Waals surface area contributed by atoms with Crippen LogP contribution in [0.1, 0.15) is 71.6 Å². The zero-order valence-electron chi connectivity index (χ0n) is 20.7. The van der Waals surface area contributed by atoms with Gasteiger partial charge in [0.25, 0.3) is 11.5 Å². The number of amides is 1. The molecule has 6 rings (SSSR count). The first-order valence-corrected chi connectivity index (χ1v) is 12.8. The maximum atomic E-state index is 13.1. The number of aromatic amines is 1. The highest BCUT2D eigenvalue weighted by atomic mass is 16.2. The van der Waals surface area contributed by atoms with E-state index in [0.717, 1.165) is 59.1 Å². The van der Waals surface area contributed by atoms with Crippen LogP contribution in [0.3, 0.4) is 0 Å². The van der Waals surface area contributed by atoms with Crippen LogP contribution in [-0.4, -0.2) is 20.7 Å². The van der Waals surface area contributed by atoms with Crippen molar-refractivity contribution >= 4 is 22.6 Å². The summed E-state index contributed by atoms with van der Waals surface area (Å²) >= 11 is 0. The molecule has 7 heteroatoms. The lowest BCUT2D eigenvalue weighted by molar-refractivity contribution is 0.0930. The van der Waals surface area contributed by atoms with Gasteiger partial charge in [0.1, 0.15) is 5.52 Å². The van der Waals surface area contributed by atoms with Crippen molar-refractivity contribution in [3.63, 3.8) is 0 Å². The van der Waals surface area contributed by atoms with E-state index in [1.54, 1.807) is 0 Å². The summed E-state index contributed by atoms with van der Waals surface area (Å²) < 4.78 is 2.11. The van der Waals surface area contributed by atoms with E-state index in [0.29, 0.717) is 22.8 Å². The molecule has 0 spiro atoms. The van der Waals surface area contributed by atoms with Gasteiger partial charge in [0.05, 0.1) is 10.9 Å². The Morgan fingerprint density at radius 3 is 2.53 bits per heavy atom. The Labute approximate surface area is 209 Å². The molecule has 4 aromatic rings. The standard InChI is InChI=1S/C29H31N5O2/c1-17-7-8-18(2)22(15-17)27(35)31-29(13-14-29)20-11-9-19(10-12-20)23-16-34(21-5-3-4-6-21)25-24(23)26(30)32-33-28(25)36/h7-12,15-16,21H,3-6,13-14H2,1-2H3,(H2,30,32)(H,31,35)(H,33,36). The quantitative estimate of drug-likeness (QED) is 0.368. The Balaban J connectivity index is 1.34. The van der Waals surface area contributed by atoms with E-state index < -0.39 is 0 Å². The van der Waals surface area contributed by atoms with Crippen LogP contribution >= 0.6 is 0 Å². The Hall–Kier alpha value is -3.87. The summed E-state index contributed by atoms with van der Waals surface area (Å²) in [6.07, 6.45) is 8.36. The summed E-state index contributed by atoms with van der Waals surface area (Å²) in [5.74, 6) is 0.301. The van der Waals surface area contributed by atoms with E-state index in [2.05, 4.69) is 50.5 Å². The normalized spacial score (nSPS) is 16.9. The van der Waals surface area contributed by atoms with Gasteiger partial charge in [-0.05, 0) is 62.3 Å². The number of hydrogen-bond acceptors (Lipinski definition) is 4. The van der Waals surface area contributed by atoms with Crippen molar-refractivity contribution in [2.45, 2.75) is 64.0 Å². The molecule has 0 radical (unpaired) electrons. The molecule has 36 heavy (non-hydrogen) atoms. The van der Waals surface area contributed by atoms with Crippen molar-refractivity contribution in [1.29, 1.82) is 0 Å². The van der Waals surface area contributed by atoms with Crippen molar-refractivity contribution in [1.82, 2.24) is 20.1 Å². The molecule has 0 unspecified atom stereocenters. The topological polar surface area (TPSA) is 106 Å². The Morgan fingerprint density at radius 1 is 1.11 bits per heavy atom. The third-order valence-electron chi connectivity index (χ3n) is 7.99. The van der Waals surface area contributed by atoms with Crippen LogP contribution in [0, 0.1) is 13.8 Å². The second kappa shape index (κ2) is 8.36. The van der Waals surface area contributed by atoms with Gasteiger partial charge in [-0.2, -0.15) is 5.10 Å². The van der Waals surface area contributed by atoms with E-state index in [1.807, 2.05) is 32.0 Å². The van der Waals surface area contributed by atoms with Crippen molar-refractivity contribution in [3.8, 4) is 11.1 Å². The first kappa shape index (κ1) is 22.6. The monoisotopic (exact) mass is 481 g/mol. The third kappa shape index (κ3) is 3.70. The first-order chi connectivity index (χ1) is 17.4. The molecule has 0 bridgehead atoms. The van der Waals surface area contributed by atoms with Crippen LogP contribution in [0.15, 0.2) is 53.5 Å². The molecule has 2 saturated carbocycles. The molecule has 7 nitrogen and oxygen atoms in total. The van der Waals surface area contributed by atoms with E-state index in [4.69, 9.17) is 5.73 Å². The summed E-state index contributed by atoms with van der Waals surface area (Å²) in [6, 6.07) is 14.6. The first-order valence-electron chi connectivity index (χ1n) is 12.8. The lowest BCUT2D eigenvalue weighted by Gasteiger charge is -2.19. The Morgan fingerprint density at radius 2 is 1.83 bits per heavy atom. The highest BCUT2D eigenvalue weighted by Crippen LogP contribution is 2.46. The third-order valence-corrected chi connectivity index (χ3v) is 7.99. The molecule has 184 valence electrons. The number of aromatic nitrogens is 3. The molecule has 2 aliphatic carbocycles. The number of fused-ring (bicyclic) bond motifs is 1. The van der Waals surface area contributed by atoms with Gasteiger partial charge in [-0.1, -0.05) is 54.8 Å². The molecular formula is C29H31N5O2. The number of nitrogens with one attached hydrogen (secondary N) is 2. The predicted octanol–water partition coefficient (Wildman–Crippen LogP) is 5.12. The minimum Gasteiger partial charge on any atom is -0.382 e. The van der Waals surface area contributed by atoms with E-state index in [-0.39, 0.29) is 17.0 Å². The van der Waals surface area contributed by atoms with Crippen molar-refractivity contribution < 1.29 is 4.79 Å². The van der Waals surface area contributed by atoms with Gasteiger partial charge in [0.2, 0.25) is 0 Å². The fourth-order valence-corrected chi connectivity index (χ4v) is 5.77. The largest absolute Gasteiger partial charge is 0.382 e. The number of anilines is 1. The van der Waals surface area contributed by atoms with Crippen LogP contribution in [-0.2, 0) is 5.54 Å². The van der Waals surface area contributed by atoms with Crippen LogP contribution in [0.5, 0.6) is 0 Å². The minimum atomic E-state index is -0.332. The van der Waals surface area contributed by atoms with Crippen LogP contribution < -0.4 is 16.6 Å². The second-order valence-corrected chi connectivity index (χ2v) is 10.5. The lowest BCUT2D eigenvalue weighted by atomic mass is 9.98. The van der Waals surface area contributed by atoms with Gasteiger partial charge < -0.3 is 15.6 Å². The molecule has 0 saturated heterocycles. The zero-order valence-corrected chi connectivity index (χ0v) is 20.7. The number of nitrogens with zero attached hydrogens (tertiary/aromatic N) is 2. The zero-order chi connectivity index (χ0) is 25.0. The highest BCUT2D eigenvalue weighted by molar-refractivity contribution is 6.02. The fourth-order valence-electron chi connectivity index (χ4n) is 5.77. The van der Waals surface area contributed by atoms with E-state index >= 15 is 0 Å². The number of benzene rings is 2. The maximum Gasteiger partial charge on any atom is 0.288 e. The number of aryl methyl sites for hydroxylation is 2. The van der Waals surface area contributed by atoms with Gasteiger partial charge in [0.15, 0.2) is 5.82 Å². The molecule has 0 atom stereocenters. The Bertz CT molecular complexity index is 1540. The molecule has 1 amide bonds. The second-order valence-electron chi connectivity index (χ2n) is 10.5. The van der Waals surface area contributed by atoms with Crippen LogP contribution in [0.25, 0.3) is 22.0 Å². The molecule has 4 N–H and O–H groups in total. The molecule has 0 aliphatic heterocycles. The number of carbonyl (C=O) groups excluding carboxylic acids is 1. The average Bonchev–Trinajstić information content (AvgIpc) is 3.28. The van der Waals surface area contributed by atoms with Gasteiger partial charge in [0, 0.05) is 23.4 Å². The van der Waals surface area contributed by atoms with Gasteiger partial charge in [-0.25, -0.2) is 5.10 Å². The molecule has 2 aromatic heterocycles. The number of hydrogen-bond donors (Lipinski definition) is 3. The van der Waals surface area contributed by atoms with Gasteiger partial charge >= 0.3 is 0 Å². The number of nitrogens with two attached hydrogens (primary N) is 1. The number of nitrogen functional groups attached to an aromatic ring is 1. The molecule has 2 heterocycles. The Kier molecular flexibility index (Phi) is 5.25. The van der Waals surface area contributed by atoms with Crippen LogP contribution in [0.4, 0.5) is 5.82 Å². The average molecular weight is 482 g/mol. The molecule has 2 aromatic carbocycles. The molecular weight excluding hydrogens is 450 g/mol. The highest BCUT2D eigenvalue weighted by Gasteiger charge is 2.45. The summed E-state index contributed by atoms with van der Waals surface area (Å²) in [5.41, 5.74) is 12.1. The summed E-state index contributed by atoms with van der Waals surface area (Å²) in [4.78, 5) is 25.9. The van der Waals surface area contributed by atoms with E-state index in [9.17, 15) is 9.59 Å². The number of carbonyl (C=O) groups is 1. The summed E-state index contributed by atoms with van der Waals surface area (Å²) in [5, 5.41) is 10.6. The summed E-state index contributed by atoms with van der Waals surface area (Å²) in [7, 11) is 0. The van der Waals surface area contributed by atoms with Crippen molar-refractivity contribution in [2.24, 2.45) is 0 Å². The molecule has 2 aliphatic rings. The van der Waals surface area contributed by atoms with Gasteiger partial charge in [-0.15, -0.1) is 0 Å². The minimum absolute atomic E-state index is 0.0320. The van der Waals surface area contributed by atoms with Gasteiger partial charge in [-0.3, -0.25) is 9.59 Å². The number of H-pyrrole nitrogens is 1. The SMILES string of the molecule is Cc1ccc(C)c(C(=O)NC2(c3ccc(-c4cn(C5CCCC5)c5c(=O)[nH]nc(N)c45)cc3)CC2)c1. The van der Waals surface area contributed by atoms with Crippen LogP contribution in [0.2, 0.25) is 0 Å². The summed E-state index contributed by atoms with van der Waals surface area (Å²) in [6.45, 7) is 3.97. The lowest BCUT2D eigenvalue weighted by Crippen LogP contribution is -2.35.